The standard InChI is InChI=1S/C11H14O2/c1-8-10(6-7-13-8)11(12)9-4-2-3-5-9/h6-7,9H,2-5H2,1H3. The van der Waals surface area contributed by atoms with Crippen LogP contribution >= 0.6 is 0 Å². The minimum atomic E-state index is 0.260. The van der Waals surface area contributed by atoms with Crippen molar-refractivity contribution in [3.05, 3.63) is 23.7 Å². The summed E-state index contributed by atoms with van der Waals surface area (Å²) < 4.78 is 5.12. The van der Waals surface area contributed by atoms with E-state index in [0.29, 0.717) is 0 Å². The molecule has 1 aromatic heterocycles. The Labute approximate surface area is 77.9 Å². The number of aryl methyl sites for hydroxylation is 1. The number of hydrogen-bond acceptors (Lipinski definition) is 2. The molecular formula is C11H14O2. The van der Waals surface area contributed by atoms with Crippen LogP contribution in [0, 0.1) is 12.8 Å². The third-order valence-corrected chi connectivity index (χ3v) is 2.85. The zero-order valence-electron chi connectivity index (χ0n) is 7.88. The molecule has 1 heterocycles. The lowest BCUT2D eigenvalue weighted by Gasteiger charge is -2.05. The van der Waals surface area contributed by atoms with Gasteiger partial charge in [0, 0.05) is 5.92 Å². The molecule has 70 valence electrons. The summed E-state index contributed by atoms with van der Waals surface area (Å²) in [6.45, 7) is 1.85. The summed E-state index contributed by atoms with van der Waals surface area (Å²) in [6.07, 6.45) is 6.12. The van der Waals surface area contributed by atoms with Crippen molar-refractivity contribution in [3.63, 3.8) is 0 Å². The first-order chi connectivity index (χ1) is 6.29. The average Bonchev–Trinajstić information content (AvgIpc) is 2.72. The highest BCUT2D eigenvalue weighted by Gasteiger charge is 2.25. The fraction of sp³-hybridized carbons (Fsp3) is 0.545. The second-order valence-corrected chi connectivity index (χ2v) is 3.74. The van der Waals surface area contributed by atoms with Gasteiger partial charge in [0.1, 0.15) is 5.76 Å². The van der Waals surface area contributed by atoms with Crippen molar-refractivity contribution in [2.45, 2.75) is 32.6 Å². The smallest absolute Gasteiger partial charge is 0.169 e. The summed E-state index contributed by atoms with van der Waals surface area (Å²) in [4.78, 5) is 11.9. The van der Waals surface area contributed by atoms with Crippen LogP contribution in [0.2, 0.25) is 0 Å². The number of carbonyl (C=O) groups is 1. The Balaban J connectivity index is 2.17. The fourth-order valence-corrected chi connectivity index (χ4v) is 2.05. The summed E-state index contributed by atoms with van der Waals surface area (Å²) >= 11 is 0. The van der Waals surface area contributed by atoms with Crippen molar-refractivity contribution >= 4 is 5.78 Å². The first kappa shape index (κ1) is 8.54. The molecule has 1 aliphatic rings. The van der Waals surface area contributed by atoms with Crippen molar-refractivity contribution in [2.24, 2.45) is 5.92 Å². The Hall–Kier alpha value is -1.05. The third kappa shape index (κ3) is 1.53. The molecule has 1 saturated carbocycles. The highest BCUT2D eigenvalue weighted by atomic mass is 16.3. The quantitative estimate of drug-likeness (QED) is 0.652. The summed E-state index contributed by atoms with van der Waals surface area (Å²) in [6, 6.07) is 1.79. The van der Waals surface area contributed by atoms with Crippen molar-refractivity contribution in [2.75, 3.05) is 0 Å². The monoisotopic (exact) mass is 178 g/mol. The Bertz CT molecular complexity index is 306. The summed E-state index contributed by atoms with van der Waals surface area (Å²) in [5, 5.41) is 0. The van der Waals surface area contributed by atoms with E-state index in [9.17, 15) is 4.79 Å². The van der Waals surface area contributed by atoms with Crippen LogP contribution in [-0.4, -0.2) is 5.78 Å². The molecule has 1 fully saturated rings. The van der Waals surface area contributed by atoms with Crippen LogP contribution in [0.3, 0.4) is 0 Å². The van der Waals surface area contributed by atoms with Crippen molar-refractivity contribution in [1.29, 1.82) is 0 Å². The molecule has 0 aromatic carbocycles. The first-order valence-corrected chi connectivity index (χ1v) is 4.87. The van der Waals surface area contributed by atoms with Crippen LogP contribution in [-0.2, 0) is 0 Å². The second kappa shape index (κ2) is 3.36. The second-order valence-electron chi connectivity index (χ2n) is 3.74. The SMILES string of the molecule is Cc1occc1C(=O)C1CCCC1. The number of ketones is 1. The van der Waals surface area contributed by atoms with E-state index in [-0.39, 0.29) is 11.7 Å². The zero-order valence-corrected chi connectivity index (χ0v) is 7.88. The molecule has 2 rings (SSSR count). The highest BCUT2D eigenvalue weighted by molar-refractivity contribution is 5.98. The largest absolute Gasteiger partial charge is 0.469 e. The lowest BCUT2D eigenvalue weighted by Crippen LogP contribution is -2.10. The first-order valence-electron chi connectivity index (χ1n) is 4.87. The molecule has 1 aromatic rings. The predicted molar refractivity (Wildman–Crippen MR) is 49.7 cm³/mol. The van der Waals surface area contributed by atoms with E-state index >= 15 is 0 Å². The van der Waals surface area contributed by atoms with Gasteiger partial charge < -0.3 is 4.42 Å². The molecule has 0 radical (unpaired) electrons. The molecular weight excluding hydrogens is 164 g/mol. The third-order valence-electron chi connectivity index (χ3n) is 2.85. The van der Waals surface area contributed by atoms with Crippen LogP contribution in [0.1, 0.15) is 41.8 Å². The van der Waals surface area contributed by atoms with Crippen LogP contribution in [0.4, 0.5) is 0 Å². The van der Waals surface area contributed by atoms with Crippen LogP contribution in [0.5, 0.6) is 0 Å². The molecule has 1 aliphatic carbocycles. The topological polar surface area (TPSA) is 30.2 Å². The normalized spacial score (nSPS) is 17.9. The number of rotatable bonds is 2. The molecule has 2 nitrogen and oxygen atoms in total. The van der Waals surface area contributed by atoms with Gasteiger partial charge in [-0.1, -0.05) is 12.8 Å². The van der Waals surface area contributed by atoms with Gasteiger partial charge in [0.05, 0.1) is 11.8 Å². The minimum absolute atomic E-state index is 0.260. The van der Waals surface area contributed by atoms with Gasteiger partial charge in [-0.15, -0.1) is 0 Å². The van der Waals surface area contributed by atoms with Crippen LogP contribution < -0.4 is 0 Å². The summed E-state index contributed by atoms with van der Waals surface area (Å²) in [5.74, 6) is 1.30. The van der Waals surface area contributed by atoms with Gasteiger partial charge in [-0.25, -0.2) is 0 Å². The van der Waals surface area contributed by atoms with Gasteiger partial charge in [-0.05, 0) is 25.8 Å². The lowest BCUT2D eigenvalue weighted by molar-refractivity contribution is 0.0921. The van der Waals surface area contributed by atoms with Gasteiger partial charge in [-0.3, -0.25) is 4.79 Å². The van der Waals surface area contributed by atoms with Gasteiger partial charge >= 0.3 is 0 Å². The molecule has 0 bridgehead atoms. The number of Topliss-reactive ketones (excluding diaryl/α,β-unsaturated/α-hetero) is 1. The lowest BCUT2D eigenvalue weighted by atomic mass is 9.97. The zero-order chi connectivity index (χ0) is 9.26. The Morgan fingerprint density at radius 2 is 2.15 bits per heavy atom. The summed E-state index contributed by atoms with van der Waals surface area (Å²) in [5.41, 5.74) is 0.784. The molecule has 0 amide bonds. The maximum atomic E-state index is 11.9. The van der Waals surface area contributed by atoms with E-state index in [2.05, 4.69) is 0 Å². The molecule has 2 heteroatoms. The molecule has 0 spiro atoms. The van der Waals surface area contributed by atoms with Crippen LogP contribution in [0.25, 0.3) is 0 Å². The molecule has 0 N–H and O–H groups in total. The Morgan fingerprint density at radius 3 is 2.69 bits per heavy atom. The molecule has 0 unspecified atom stereocenters. The molecule has 0 aliphatic heterocycles. The maximum absolute atomic E-state index is 11.9. The Morgan fingerprint density at radius 1 is 1.46 bits per heavy atom. The van der Waals surface area contributed by atoms with Gasteiger partial charge in [0.25, 0.3) is 0 Å². The van der Waals surface area contributed by atoms with Gasteiger partial charge in [0.2, 0.25) is 0 Å². The van der Waals surface area contributed by atoms with Gasteiger partial charge in [0.15, 0.2) is 5.78 Å². The number of carbonyl (C=O) groups excluding carboxylic acids is 1. The minimum Gasteiger partial charge on any atom is -0.469 e. The number of furan rings is 1. The summed E-state index contributed by atoms with van der Waals surface area (Å²) in [7, 11) is 0. The van der Waals surface area contributed by atoms with E-state index in [4.69, 9.17) is 4.42 Å². The maximum Gasteiger partial charge on any atom is 0.169 e. The number of hydrogen-bond donors (Lipinski definition) is 0. The highest BCUT2D eigenvalue weighted by Crippen LogP contribution is 2.29. The predicted octanol–water partition coefficient (Wildman–Crippen LogP) is 2.96. The molecule has 0 atom stereocenters. The molecule has 13 heavy (non-hydrogen) atoms. The fourth-order valence-electron chi connectivity index (χ4n) is 2.05. The van der Waals surface area contributed by atoms with Crippen molar-refractivity contribution < 1.29 is 9.21 Å². The van der Waals surface area contributed by atoms with E-state index in [1.807, 2.05) is 6.92 Å². The van der Waals surface area contributed by atoms with Gasteiger partial charge in [-0.2, -0.15) is 0 Å². The molecule has 0 saturated heterocycles. The Kier molecular flexibility index (Phi) is 2.21. The van der Waals surface area contributed by atoms with E-state index in [0.717, 1.165) is 24.2 Å². The van der Waals surface area contributed by atoms with Crippen molar-refractivity contribution in [3.8, 4) is 0 Å². The van der Waals surface area contributed by atoms with E-state index < -0.39 is 0 Å². The van der Waals surface area contributed by atoms with E-state index in [1.54, 1.807) is 12.3 Å². The van der Waals surface area contributed by atoms with Crippen molar-refractivity contribution in [1.82, 2.24) is 0 Å². The van der Waals surface area contributed by atoms with E-state index in [1.165, 1.54) is 12.8 Å². The van der Waals surface area contributed by atoms with Crippen LogP contribution in [0.15, 0.2) is 16.7 Å². The average molecular weight is 178 g/mol.